The van der Waals surface area contributed by atoms with Crippen molar-refractivity contribution in [2.75, 3.05) is 18.5 Å². The zero-order valence-corrected chi connectivity index (χ0v) is 13.3. The average Bonchev–Trinajstić information content (AvgIpc) is 2.42. The predicted octanol–water partition coefficient (Wildman–Crippen LogP) is 3.07. The number of aryl methyl sites for hydroxylation is 1. The van der Waals surface area contributed by atoms with Crippen molar-refractivity contribution in [3.8, 4) is 5.75 Å². The molecule has 0 saturated carbocycles. The van der Waals surface area contributed by atoms with E-state index in [2.05, 4.69) is 10.6 Å². The van der Waals surface area contributed by atoms with Crippen LogP contribution in [0.25, 0.3) is 0 Å². The summed E-state index contributed by atoms with van der Waals surface area (Å²) in [6.45, 7) is 8.42. The van der Waals surface area contributed by atoms with Crippen molar-refractivity contribution in [3.05, 3.63) is 23.8 Å². The molecule has 0 bridgehead atoms. The van der Waals surface area contributed by atoms with E-state index in [4.69, 9.17) is 9.84 Å². The zero-order valence-electron chi connectivity index (χ0n) is 13.3. The SMILES string of the molecule is CCOc1ccc(NC(=O)NC(C)(CC)CCO)c(C)c1. The van der Waals surface area contributed by atoms with E-state index >= 15 is 0 Å². The lowest BCUT2D eigenvalue weighted by Crippen LogP contribution is -2.48. The van der Waals surface area contributed by atoms with Gasteiger partial charge in [0.2, 0.25) is 0 Å². The number of aliphatic hydroxyl groups excluding tert-OH is 1. The van der Waals surface area contributed by atoms with Crippen molar-refractivity contribution in [1.82, 2.24) is 5.32 Å². The van der Waals surface area contributed by atoms with Crippen LogP contribution in [-0.2, 0) is 0 Å². The van der Waals surface area contributed by atoms with E-state index in [9.17, 15) is 4.79 Å². The molecule has 0 fully saturated rings. The molecule has 0 aliphatic rings. The number of anilines is 1. The highest BCUT2D eigenvalue weighted by atomic mass is 16.5. The highest BCUT2D eigenvalue weighted by molar-refractivity contribution is 5.90. The van der Waals surface area contributed by atoms with Crippen LogP contribution in [0.1, 0.15) is 39.2 Å². The summed E-state index contributed by atoms with van der Waals surface area (Å²) in [5.41, 5.74) is 1.28. The van der Waals surface area contributed by atoms with Gasteiger partial charge in [-0.3, -0.25) is 0 Å². The molecule has 0 aliphatic carbocycles. The highest BCUT2D eigenvalue weighted by Crippen LogP contribution is 2.22. The number of carbonyl (C=O) groups is 1. The topological polar surface area (TPSA) is 70.6 Å². The second kappa shape index (κ2) is 7.88. The fourth-order valence-corrected chi connectivity index (χ4v) is 2.03. The zero-order chi connectivity index (χ0) is 15.9. The molecule has 1 rings (SSSR count). The first-order valence-electron chi connectivity index (χ1n) is 7.37. The van der Waals surface area contributed by atoms with E-state index in [0.29, 0.717) is 13.0 Å². The Morgan fingerprint density at radius 3 is 2.62 bits per heavy atom. The maximum Gasteiger partial charge on any atom is 0.319 e. The van der Waals surface area contributed by atoms with Crippen molar-refractivity contribution >= 4 is 11.7 Å². The van der Waals surface area contributed by atoms with Crippen molar-refractivity contribution in [2.45, 2.75) is 46.1 Å². The molecule has 3 N–H and O–H groups in total. The second-order valence-electron chi connectivity index (χ2n) is 5.38. The quantitative estimate of drug-likeness (QED) is 0.724. The Bertz CT molecular complexity index is 477. The minimum Gasteiger partial charge on any atom is -0.494 e. The summed E-state index contributed by atoms with van der Waals surface area (Å²) >= 11 is 0. The van der Waals surface area contributed by atoms with Gasteiger partial charge < -0.3 is 20.5 Å². The average molecular weight is 294 g/mol. The van der Waals surface area contributed by atoms with Gasteiger partial charge in [0, 0.05) is 17.8 Å². The van der Waals surface area contributed by atoms with Crippen molar-refractivity contribution < 1.29 is 14.6 Å². The molecular weight excluding hydrogens is 268 g/mol. The summed E-state index contributed by atoms with van der Waals surface area (Å²) in [7, 11) is 0. The third-order valence-electron chi connectivity index (χ3n) is 3.62. The summed E-state index contributed by atoms with van der Waals surface area (Å²) < 4.78 is 5.42. The summed E-state index contributed by atoms with van der Waals surface area (Å²) in [5.74, 6) is 0.791. The number of hydrogen-bond acceptors (Lipinski definition) is 3. The number of nitrogens with one attached hydrogen (secondary N) is 2. The maximum absolute atomic E-state index is 12.1. The summed E-state index contributed by atoms with van der Waals surface area (Å²) in [6.07, 6.45) is 1.28. The summed E-state index contributed by atoms with van der Waals surface area (Å²) in [5, 5.41) is 14.8. The molecule has 21 heavy (non-hydrogen) atoms. The van der Waals surface area contributed by atoms with Gasteiger partial charge in [-0.05, 0) is 57.4 Å². The van der Waals surface area contributed by atoms with Gasteiger partial charge in [0.25, 0.3) is 0 Å². The molecule has 0 saturated heterocycles. The van der Waals surface area contributed by atoms with Gasteiger partial charge in [0.05, 0.1) is 6.61 Å². The van der Waals surface area contributed by atoms with E-state index in [1.54, 1.807) is 0 Å². The predicted molar refractivity (Wildman–Crippen MR) is 84.9 cm³/mol. The second-order valence-corrected chi connectivity index (χ2v) is 5.38. The molecule has 1 aromatic carbocycles. The first kappa shape index (κ1) is 17.3. The van der Waals surface area contributed by atoms with Crippen LogP contribution in [0.5, 0.6) is 5.75 Å². The molecule has 1 unspecified atom stereocenters. The van der Waals surface area contributed by atoms with Gasteiger partial charge in [-0.1, -0.05) is 6.92 Å². The van der Waals surface area contributed by atoms with Gasteiger partial charge in [0.1, 0.15) is 5.75 Å². The Morgan fingerprint density at radius 1 is 1.38 bits per heavy atom. The minimum absolute atomic E-state index is 0.0483. The van der Waals surface area contributed by atoms with Gasteiger partial charge in [-0.25, -0.2) is 4.79 Å². The van der Waals surface area contributed by atoms with Crippen LogP contribution in [0.15, 0.2) is 18.2 Å². The Hall–Kier alpha value is -1.75. The molecular formula is C16H26N2O3. The van der Waals surface area contributed by atoms with Gasteiger partial charge in [0.15, 0.2) is 0 Å². The van der Waals surface area contributed by atoms with Crippen LogP contribution < -0.4 is 15.4 Å². The lowest BCUT2D eigenvalue weighted by atomic mass is 9.95. The standard InChI is InChI=1S/C16H26N2O3/c1-5-16(4,9-10-19)18-15(20)17-14-8-7-13(21-6-2)11-12(14)3/h7-8,11,19H,5-6,9-10H2,1-4H3,(H2,17,18,20). The smallest absolute Gasteiger partial charge is 0.319 e. The molecule has 5 nitrogen and oxygen atoms in total. The number of ether oxygens (including phenoxy) is 1. The largest absolute Gasteiger partial charge is 0.494 e. The van der Waals surface area contributed by atoms with E-state index in [0.717, 1.165) is 23.4 Å². The molecule has 0 spiro atoms. The Labute approximate surface area is 126 Å². The molecule has 2 amide bonds. The van der Waals surface area contributed by atoms with Crippen molar-refractivity contribution in [3.63, 3.8) is 0 Å². The first-order valence-corrected chi connectivity index (χ1v) is 7.37. The van der Waals surface area contributed by atoms with Crippen LogP contribution in [-0.4, -0.2) is 29.9 Å². The molecule has 0 radical (unpaired) electrons. The molecule has 0 aliphatic heterocycles. The molecule has 1 atom stereocenters. The fraction of sp³-hybridized carbons (Fsp3) is 0.562. The Morgan fingerprint density at radius 2 is 2.10 bits per heavy atom. The van der Waals surface area contributed by atoms with Gasteiger partial charge in [-0.2, -0.15) is 0 Å². The third-order valence-corrected chi connectivity index (χ3v) is 3.62. The number of rotatable bonds is 7. The third kappa shape index (κ3) is 5.27. The minimum atomic E-state index is -0.405. The first-order chi connectivity index (χ1) is 9.94. The molecule has 1 aromatic rings. The number of hydrogen-bond donors (Lipinski definition) is 3. The van der Waals surface area contributed by atoms with Crippen LogP contribution in [0.2, 0.25) is 0 Å². The Kier molecular flexibility index (Phi) is 6.49. The summed E-state index contributed by atoms with van der Waals surface area (Å²) in [4.78, 5) is 12.1. The summed E-state index contributed by atoms with van der Waals surface area (Å²) in [6, 6.07) is 5.29. The molecule has 0 heterocycles. The number of benzene rings is 1. The van der Waals surface area contributed by atoms with Gasteiger partial charge in [-0.15, -0.1) is 0 Å². The van der Waals surface area contributed by atoms with Gasteiger partial charge >= 0.3 is 6.03 Å². The van der Waals surface area contributed by atoms with Crippen LogP contribution in [0.4, 0.5) is 10.5 Å². The number of urea groups is 1. The van der Waals surface area contributed by atoms with E-state index < -0.39 is 5.54 Å². The number of carbonyl (C=O) groups excluding carboxylic acids is 1. The highest BCUT2D eigenvalue weighted by Gasteiger charge is 2.23. The lowest BCUT2D eigenvalue weighted by molar-refractivity contribution is 0.208. The van der Waals surface area contributed by atoms with Crippen molar-refractivity contribution in [1.29, 1.82) is 0 Å². The van der Waals surface area contributed by atoms with Crippen LogP contribution in [0.3, 0.4) is 0 Å². The van der Waals surface area contributed by atoms with Crippen LogP contribution in [0, 0.1) is 6.92 Å². The monoisotopic (exact) mass is 294 g/mol. The lowest BCUT2D eigenvalue weighted by Gasteiger charge is -2.29. The maximum atomic E-state index is 12.1. The normalized spacial score (nSPS) is 13.4. The van der Waals surface area contributed by atoms with E-state index in [1.807, 2.05) is 45.9 Å². The molecule has 0 aromatic heterocycles. The van der Waals surface area contributed by atoms with E-state index in [1.165, 1.54) is 0 Å². The fourth-order valence-electron chi connectivity index (χ4n) is 2.03. The molecule has 118 valence electrons. The molecule has 5 heteroatoms. The van der Waals surface area contributed by atoms with Crippen molar-refractivity contribution in [2.24, 2.45) is 0 Å². The van der Waals surface area contributed by atoms with E-state index in [-0.39, 0.29) is 12.6 Å². The number of amides is 2. The Balaban J connectivity index is 2.70. The van der Waals surface area contributed by atoms with Crippen LogP contribution >= 0.6 is 0 Å². The number of aliphatic hydroxyl groups is 1.